The van der Waals surface area contributed by atoms with Crippen molar-refractivity contribution in [1.29, 1.82) is 5.53 Å². The SMILES string of the molecule is C=NP(=NC(C)(C)C)(N(C)C)N(C)C.CC.CC.CC.CC(C)=C1N(C)C(C)=C(C)N1C.CN(C)P(=NP(N=NPN=N)(=NC(C)(C)C)N=P(N(C)C)(N(C)C)N(C)C)(N(C)C)N(C)C.CN1C=CN(C)C1. The van der Waals surface area contributed by atoms with E-state index in [1.54, 1.807) is 0 Å². The van der Waals surface area contributed by atoms with Gasteiger partial charge < -0.3 is 19.6 Å². The smallest absolute Gasteiger partial charge is 0.323 e. The van der Waals surface area contributed by atoms with E-state index in [1.165, 1.54) is 22.8 Å². The van der Waals surface area contributed by atoms with E-state index in [0.717, 1.165) is 6.67 Å². The quantitative estimate of drug-likeness (QED) is 0.0997. The molecule has 0 bridgehead atoms. The van der Waals surface area contributed by atoms with Crippen molar-refractivity contribution in [3.05, 3.63) is 35.2 Å². The summed E-state index contributed by atoms with van der Waals surface area (Å²) in [7, 11) is 30.3. The molecule has 1 N–H and O–H groups in total. The molecule has 0 spiro atoms. The molecule has 26 heteroatoms. The van der Waals surface area contributed by atoms with Crippen LogP contribution in [0.1, 0.15) is 111 Å². The third kappa shape index (κ3) is 24.5. The molecule has 2 rings (SSSR count). The molecule has 0 aliphatic carbocycles. The van der Waals surface area contributed by atoms with Crippen LogP contribution in [0.5, 0.6) is 0 Å². The lowest BCUT2D eigenvalue weighted by Gasteiger charge is -2.44. The van der Waals surface area contributed by atoms with Crippen LogP contribution >= 0.6 is 38.9 Å². The third-order valence-corrected chi connectivity index (χ3v) is 25.1. The molecular weight excluding hydrogens is 1000 g/mol. The van der Waals surface area contributed by atoms with E-state index >= 15 is 0 Å². The summed E-state index contributed by atoms with van der Waals surface area (Å²) in [6, 6.07) is 0. The zero-order valence-corrected chi connectivity index (χ0v) is 57.9. The normalized spacial score (nSPS) is 14.5. The van der Waals surface area contributed by atoms with Crippen molar-refractivity contribution in [3.8, 4) is 0 Å². The summed E-state index contributed by atoms with van der Waals surface area (Å²) in [5.74, 6) is 1.31. The molecule has 1 unspecified atom stereocenters. The summed E-state index contributed by atoms with van der Waals surface area (Å²) in [6.07, 6.45) is 4.11. The van der Waals surface area contributed by atoms with Gasteiger partial charge in [0, 0.05) is 52.0 Å². The molecule has 0 aromatic heterocycles. The van der Waals surface area contributed by atoms with E-state index in [2.05, 4.69) is 167 Å². The van der Waals surface area contributed by atoms with E-state index in [4.69, 9.17) is 28.9 Å². The molecule has 2 aliphatic heterocycles. The summed E-state index contributed by atoms with van der Waals surface area (Å²) in [5.41, 5.74) is 10.7. The van der Waals surface area contributed by atoms with Crippen LogP contribution in [-0.2, 0) is 0 Å². The third-order valence-electron chi connectivity index (χ3n) is 9.72. The van der Waals surface area contributed by atoms with Crippen molar-refractivity contribution in [2.24, 2.45) is 37.9 Å². The molecule has 2 aliphatic rings. The van der Waals surface area contributed by atoms with E-state index in [1.807, 2.05) is 175 Å². The minimum Gasteiger partial charge on any atom is -0.362 e. The van der Waals surface area contributed by atoms with Crippen LogP contribution in [-0.4, -0.2) is 222 Å². The molecule has 0 saturated heterocycles. The van der Waals surface area contributed by atoms with Crippen LogP contribution in [0.3, 0.4) is 0 Å². The molecule has 0 radical (unpaired) electrons. The number of allylic oxidation sites excluding steroid dienone is 3. The van der Waals surface area contributed by atoms with Gasteiger partial charge in [-0.05, 0) is 194 Å². The number of rotatable bonds is 14. The Morgan fingerprint density at radius 2 is 0.847 bits per heavy atom. The standard InChI is InChI=1S/C16H47N13P4.C10H18N2.C9H23N4P.C5H10N2.3C2H6/c1-16(2,3)18-31(21-20-30-19-17,22-32(24(4)5,25(6)7)26(8)9)23-33(27(10)11,28(12)13)29(14)15;1-7(2)10-11(5)8(3)9(4)12(10)6;1-9(2,3)11-14(10-4,12(5)6)13(7)8;1-6-3-4-7(2)5-6;3*1-2/h17,30H,1-15H3;1-6H3;4H2,1-3,5-8H3;3-4H,5H2,1-2H3;3*1-2H3. The number of nitrogens with one attached hydrogen (secondary N) is 1. The van der Waals surface area contributed by atoms with Gasteiger partial charge in [0.05, 0.1) is 17.7 Å². The molecule has 72 heavy (non-hydrogen) atoms. The fraction of sp³-hybridized carbons (Fsp3) is 0.848. The lowest BCUT2D eigenvalue weighted by Crippen LogP contribution is -2.31. The Balaban J connectivity index is -0.000000312. The van der Waals surface area contributed by atoms with Crippen LogP contribution in [0.15, 0.2) is 73.1 Å². The average Bonchev–Trinajstić information content (AvgIpc) is 3.73. The number of nitrogens with zero attached hydrogens (tertiary/aromatic N) is 20. The Bertz CT molecular complexity index is 1770. The zero-order chi connectivity index (χ0) is 58.7. The Labute approximate surface area is 448 Å². The minimum absolute atomic E-state index is 0.0937. The summed E-state index contributed by atoms with van der Waals surface area (Å²) in [6.45, 7) is 37.7. The van der Waals surface area contributed by atoms with Gasteiger partial charge in [0.1, 0.15) is 5.82 Å². The van der Waals surface area contributed by atoms with E-state index < -0.39 is 35.6 Å². The predicted molar refractivity (Wildman–Crippen MR) is 330 cm³/mol. The van der Waals surface area contributed by atoms with Crippen LogP contribution in [0.2, 0.25) is 0 Å². The fourth-order valence-corrected chi connectivity index (χ4v) is 22.9. The van der Waals surface area contributed by atoms with Gasteiger partial charge in [-0.15, -0.1) is 9.77 Å². The summed E-state index contributed by atoms with van der Waals surface area (Å²) in [4.78, 5) is 21.1. The highest BCUT2D eigenvalue weighted by Crippen LogP contribution is 2.74. The summed E-state index contributed by atoms with van der Waals surface area (Å²) in [5, 5.41) is 0. The lowest BCUT2D eigenvalue weighted by molar-refractivity contribution is 0.340. The van der Waals surface area contributed by atoms with Crippen LogP contribution < -0.4 is 0 Å². The average molecular weight is 1120 g/mol. The molecule has 0 aromatic rings. The highest BCUT2D eigenvalue weighted by molar-refractivity contribution is 7.77. The molecular formula is C46H116N21P5. The van der Waals surface area contributed by atoms with E-state index in [0.29, 0.717) is 0 Å². The van der Waals surface area contributed by atoms with Gasteiger partial charge in [-0.1, -0.05) is 41.5 Å². The minimum atomic E-state index is -3.17. The Morgan fingerprint density at radius 1 is 0.556 bits per heavy atom. The molecule has 0 saturated carbocycles. The summed E-state index contributed by atoms with van der Waals surface area (Å²) < 4.78 is 42.1. The van der Waals surface area contributed by atoms with Gasteiger partial charge in [0.2, 0.25) is 7.51 Å². The van der Waals surface area contributed by atoms with Gasteiger partial charge in [-0.2, -0.15) is 13.9 Å². The Kier molecular flexibility index (Phi) is 40.0. The van der Waals surface area contributed by atoms with Crippen LogP contribution in [0.4, 0.5) is 0 Å². The van der Waals surface area contributed by atoms with E-state index in [9.17, 15) is 0 Å². The van der Waals surface area contributed by atoms with Crippen molar-refractivity contribution in [2.75, 3.05) is 148 Å². The first-order valence-electron chi connectivity index (χ1n) is 24.7. The van der Waals surface area contributed by atoms with Gasteiger partial charge >= 0.3 is 7.51 Å². The van der Waals surface area contributed by atoms with Gasteiger partial charge in [0.25, 0.3) is 0 Å². The monoisotopic (exact) mass is 1120 g/mol. The predicted octanol–water partition coefficient (Wildman–Crippen LogP) is 14.3. The first kappa shape index (κ1) is 79.2. The first-order chi connectivity index (χ1) is 32.7. The second kappa shape index (κ2) is 36.4. The maximum Gasteiger partial charge on any atom is 0.323 e. The Hall–Kier alpha value is -1.68. The van der Waals surface area contributed by atoms with Crippen molar-refractivity contribution in [1.82, 2.24) is 57.0 Å². The highest BCUT2D eigenvalue weighted by atomic mass is 31.2. The lowest BCUT2D eigenvalue weighted by atomic mass is 10.1. The van der Waals surface area contributed by atoms with Crippen molar-refractivity contribution in [3.63, 3.8) is 0 Å². The summed E-state index contributed by atoms with van der Waals surface area (Å²) >= 11 is 0. The molecule has 21 nitrogen and oxygen atoms in total. The second-order valence-electron chi connectivity index (χ2n) is 19.8. The van der Waals surface area contributed by atoms with Crippen molar-refractivity contribution >= 4 is 45.6 Å². The van der Waals surface area contributed by atoms with Gasteiger partial charge in [0.15, 0.2) is 23.9 Å². The first-order valence-corrected chi connectivity index (χ1v) is 31.9. The largest absolute Gasteiger partial charge is 0.362 e. The molecule has 0 fully saturated rings. The fourth-order valence-electron chi connectivity index (χ4n) is 7.16. The number of hydrogen-bond donors (Lipinski definition) is 1. The molecule has 0 aromatic carbocycles. The maximum absolute atomic E-state index is 7.23. The highest BCUT2D eigenvalue weighted by Gasteiger charge is 2.39. The number of hydrogen-bond acceptors (Lipinski definition) is 9. The van der Waals surface area contributed by atoms with Crippen LogP contribution in [0, 0.1) is 5.53 Å². The molecule has 0 amide bonds. The maximum atomic E-state index is 7.23. The van der Waals surface area contributed by atoms with Crippen LogP contribution in [0.25, 0.3) is 0 Å². The van der Waals surface area contributed by atoms with Crippen molar-refractivity contribution in [2.45, 2.75) is 122 Å². The Morgan fingerprint density at radius 3 is 1.00 bits per heavy atom. The molecule has 2 heterocycles. The van der Waals surface area contributed by atoms with Gasteiger partial charge in [-0.25, -0.2) is 29.1 Å². The van der Waals surface area contributed by atoms with E-state index in [-0.39, 0.29) is 14.4 Å². The van der Waals surface area contributed by atoms with Crippen molar-refractivity contribution < 1.29 is 0 Å². The zero-order valence-electron chi connectivity index (χ0n) is 53.3. The second-order valence-corrected chi connectivity index (χ2v) is 33.4. The molecule has 430 valence electrons. The van der Waals surface area contributed by atoms with Gasteiger partial charge in [-0.3, -0.25) is 28.0 Å². The topological polar surface area (TPSA) is 162 Å². The molecule has 1 atom stereocenters.